The second-order valence-corrected chi connectivity index (χ2v) is 9.65. The number of sulfonamides is 1. The van der Waals surface area contributed by atoms with E-state index in [9.17, 15) is 18.5 Å². The molecule has 0 saturated heterocycles. The molecule has 0 radical (unpaired) electrons. The molecule has 4 rings (SSSR count). The van der Waals surface area contributed by atoms with Crippen molar-refractivity contribution in [1.29, 1.82) is 0 Å². The summed E-state index contributed by atoms with van der Waals surface area (Å²) in [4.78, 5) is 15.5. The molecule has 2 aromatic carbocycles. The van der Waals surface area contributed by atoms with Crippen LogP contribution in [0.2, 0.25) is 0 Å². The van der Waals surface area contributed by atoms with E-state index in [1.54, 1.807) is 0 Å². The highest BCUT2D eigenvalue weighted by Gasteiger charge is 2.24. The molecule has 0 bridgehead atoms. The van der Waals surface area contributed by atoms with Gasteiger partial charge >= 0.3 is 0 Å². The molecule has 0 aliphatic rings. The lowest BCUT2D eigenvalue weighted by molar-refractivity contribution is -0.387. The van der Waals surface area contributed by atoms with Crippen molar-refractivity contribution in [3.63, 3.8) is 0 Å². The molecule has 4 aromatic rings. The van der Waals surface area contributed by atoms with Crippen molar-refractivity contribution in [2.45, 2.75) is 30.6 Å². The second kappa shape index (κ2) is 9.59. The van der Waals surface area contributed by atoms with E-state index in [-0.39, 0.29) is 11.4 Å². The molecule has 0 aliphatic heterocycles. The van der Waals surface area contributed by atoms with Gasteiger partial charge in [-0.3, -0.25) is 14.5 Å². The van der Waals surface area contributed by atoms with Crippen LogP contribution in [-0.2, 0) is 10.0 Å². The Kier molecular flexibility index (Phi) is 6.63. The molecule has 32 heavy (non-hydrogen) atoms. The van der Waals surface area contributed by atoms with Crippen LogP contribution in [0.3, 0.4) is 0 Å². The highest BCUT2D eigenvalue weighted by molar-refractivity contribution is 7.89. The van der Waals surface area contributed by atoms with Gasteiger partial charge in [0.15, 0.2) is 4.90 Å². The zero-order valence-electron chi connectivity index (χ0n) is 17.1. The largest absolute Gasteiger partial charge is 0.355 e. The van der Waals surface area contributed by atoms with E-state index in [0.29, 0.717) is 6.42 Å². The van der Waals surface area contributed by atoms with Crippen LogP contribution >= 0.6 is 11.5 Å². The Bertz CT molecular complexity index is 1350. The normalized spacial score (nSPS) is 11.9. The average molecular weight is 475 g/mol. The molecule has 0 fully saturated rings. The number of benzene rings is 2. The first-order chi connectivity index (χ1) is 15.5. The molecule has 0 amide bonds. The number of nitro benzene ring substituents is 1. The predicted molar refractivity (Wildman–Crippen MR) is 124 cm³/mol. The van der Waals surface area contributed by atoms with Gasteiger partial charge in [-0.25, -0.2) is 18.1 Å². The molecule has 168 valence electrons. The number of aromatic nitrogens is 3. The number of rotatable bonds is 11. The highest BCUT2D eigenvalue weighted by Crippen LogP contribution is 2.24. The third-order valence-electron chi connectivity index (χ3n) is 4.99. The van der Waals surface area contributed by atoms with E-state index in [1.165, 1.54) is 35.8 Å². The Morgan fingerprint density at radius 3 is 2.53 bits per heavy atom. The molecule has 0 aliphatic carbocycles. The molecule has 2 heterocycles. The Labute approximate surface area is 188 Å². The molecule has 0 saturated carbocycles. The maximum absolute atomic E-state index is 12.4. The summed E-state index contributed by atoms with van der Waals surface area (Å²) >= 11 is 1.35. The molecule has 0 unspecified atom stereocenters. The number of nitrogens with zero attached hydrogens (tertiary/aromatic N) is 4. The molecule has 0 atom stereocenters. The Morgan fingerprint density at radius 1 is 1.00 bits per heavy atom. The van der Waals surface area contributed by atoms with E-state index < -0.39 is 20.6 Å². The summed E-state index contributed by atoms with van der Waals surface area (Å²) in [6.45, 7) is 0.975. The van der Waals surface area contributed by atoms with Gasteiger partial charge in [-0.1, -0.05) is 37.1 Å². The topological polar surface area (TPSA) is 132 Å². The number of imidazole rings is 1. The standard InChI is InChI=1S/C20H22N6O4S2/c27-26(28)17-11-5-6-12-18(17)32(29,30)22-14-8-2-1-7-13-21-19-24-31-20-23-15-9-3-4-10-16(15)25(19)20/h3-6,9-12,22H,1-2,7-8,13-14H2,(H,21,24). The van der Waals surface area contributed by atoms with Crippen molar-refractivity contribution in [2.75, 3.05) is 18.4 Å². The van der Waals surface area contributed by atoms with Gasteiger partial charge in [0.05, 0.1) is 16.0 Å². The number of hydrogen-bond donors (Lipinski definition) is 2. The minimum atomic E-state index is -3.92. The van der Waals surface area contributed by atoms with Crippen molar-refractivity contribution in [3.05, 3.63) is 58.6 Å². The molecule has 12 heteroatoms. The summed E-state index contributed by atoms with van der Waals surface area (Å²) in [5, 5.41) is 14.4. The van der Waals surface area contributed by atoms with Crippen LogP contribution in [0.15, 0.2) is 53.4 Å². The van der Waals surface area contributed by atoms with Crippen LogP contribution in [0, 0.1) is 10.1 Å². The quantitative estimate of drug-likeness (QED) is 0.192. The maximum Gasteiger partial charge on any atom is 0.289 e. The SMILES string of the molecule is O=[N+]([O-])c1ccccc1S(=O)(=O)NCCCCCCNc1nsc2nc3ccccc3n12. The lowest BCUT2D eigenvalue weighted by Gasteiger charge is -2.07. The summed E-state index contributed by atoms with van der Waals surface area (Å²) < 4.78 is 33.6. The van der Waals surface area contributed by atoms with Crippen molar-refractivity contribution < 1.29 is 13.3 Å². The minimum Gasteiger partial charge on any atom is -0.355 e. The fraction of sp³-hybridized carbons (Fsp3) is 0.300. The smallest absolute Gasteiger partial charge is 0.289 e. The number of para-hydroxylation sites is 3. The van der Waals surface area contributed by atoms with Crippen LogP contribution in [-0.4, -0.2) is 40.2 Å². The van der Waals surface area contributed by atoms with Gasteiger partial charge in [-0.05, 0) is 31.0 Å². The van der Waals surface area contributed by atoms with Crippen molar-refractivity contribution in [2.24, 2.45) is 0 Å². The Morgan fingerprint density at radius 2 is 1.72 bits per heavy atom. The average Bonchev–Trinajstić information content (AvgIpc) is 3.35. The number of nitrogens with one attached hydrogen (secondary N) is 2. The van der Waals surface area contributed by atoms with Gasteiger partial charge in [-0.15, -0.1) is 0 Å². The Hall–Kier alpha value is -3.09. The first kappa shape index (κ1) is 22.1. The van der Waals surface area contributed by atoms with E-state index in [2.05, 4.69) is 19.4 Å². The van der Waals surface area contributed by atoms with E-state index in [4.69, 9.17) is 0 Å². The molecule has 0 spiro atoms. The number of hydrogen-bond acceptors (Lipinski definition) is 8. The van der Waals surface area contributed by atoms with E-state index in [1.807, 2.05) is 28.7 Å². The molecular weight excluding hydrogens is 452 g/mol. The number of unbranched alkanes of at least 4 members (excludes halogenated alkanes) is 3. The highest BCUT2D eigenvalue weighted by atomic mass is 32.2. The first-order valence-electron chi connectivity index (χ1n) is 10.2. The zero-order valence-corrected chi connectivity index (χ0v) is 18.7. The number of fused-ring (bicyclic) bond motifs is 3. The van der Waals surface area contributed by atoms with Gasteiger partial charge in [0.2, 0.25) is 20.9 Å². The fourth-order valence-corrected chi connectivity index (χ4v) is 5.39. The lowest BCUT2D eigenvalue weighted by Crippen LogP contribution is -2.25. The summed E-state index contributed by atoms with van der Waals surface area (Å²) in [6.07, 6.45) is 3.30. The van der Waals surface area contributed by atoms with Crippen LogP contribution in [0.4, 0.5) is 11.6 Å². The van der Waals surface area contributed by atoms with Crippen molar-refractivity contribution >= 4 is 49.2 Å². The summed E-state index contributed by atoms with van der Waals surface area (Å²) in [5.41, 5.74) is 1.53. The summed E-state index contributed by atoms with van der Waals surface area (Å²) in [7, 11) is -3.92. The van der Waals surface area contributed by atoms with Crippen LogP contribution < -0.4 is 10.0 Å². The zero-order chi connectivity index (χ0) is 22.6. The van der Waals surface area contributed by atoms with E-state index in [0.717, 1.165) is 47.7 Å². The molecule has 2 aromatic heterocycles. The first-order valence-corrected chi connectivity index (χ1v) is 12.4. The lowest BCUT2D eigenvalue weighted by atomic mass is 10.2. The maximum atomic E-state index is 12.4. The molecule has 10 nitrogen and oxygen atoms in total. The number of anilines is 1. The van der Waals surface area contributed by atoms with Gasteiger partial charge in [0.25, 0.3) is 5.69 Å². The minimum absolute atomic E-state index is 0.232. The third-order valence-corrected chi connectivity index (χ3v) is 7.20. The molecular formula is C20H22N6O4S2. The Balaban J connectivity index is 1.20. The second-order valence-electron chi connectivity index (χ2n) is 7.19. The number of nitro groups is 1. The fourth-order valence-electron chi connectivity index (χ4n) is 3.43. The van der Waals surface area contributed by atoms with Crippen LogP contribution in [0.25, 0.3) is 16.0 Å². The van der Waals surface area contributed by atoms with E-state index >= 15 is 0 Å². The van der Waals surface area contributed by atoms with Crippen molar-refractivity contribution in [1.82, 2.24) is 18.5 Å². The van der Waals surface area contributed by atoms with Crippen LogP contribution in [0.5, 0.6) is 0 Å². The summed E-state index contributed by atoms with van der Waals surface area (Å²) in [5.74, 6) is 0.774. The third kappa shape index (κ3) is 4.71. The van der Waals surface area contributed by atoms with Gasteiger partial charge in [-0.2, -0.15) is 4.37 Å². The van der Waals surface area contributed by atoms with Crippen molar-refractivity contribution in [3.8, 4) is 0 Å². The summed E-state index contributed by atoms with van der Waals surface area (Å²) in [6, 6.07) is 13.3. The van der Waals surface area contributed by atoms with Gasteiger partial charge in [0, 0.05) is 30.7 Å². The monoisotopic (exact) mass is 474 g/mol. The predicted octanol–water partition coefficient (Wildman–Crippen LogP) is 3.80. The van der Waals surface area contributed by atoms with Gasteiger partial charge in [0.1, 0.15) is 0 Å². The van der Waals surface area contributed by atoms with Gasteiger partial charge < -0.3 is 5.32 Å². The molecule has 2 N–H and O–H groups in total. The van der Waals surface area contributed by atoms with Crippen LogP contribution in [0.1, 0.15) is 25.7 Å².